The van der Waals surface area contributed by atoms with Crippen LogP contribution < -0.4 is 5.32 Å². The highest BCUT2D eigenvalue weighted by Crippen LogP contribution is 2.29. The predicted octanol–water partition coefficient (Wildman–Crippen LogP) is 2.99. The summed E-state index contributed by atoms with van der Waals surface area (Å²) in [6.07, 6.45) is 2.56. The maximum atomic E-state index is 11.4. The summed E-state index contributed by atoms with van der Waals surface area (Å²) < 4.78 is 0. The largest absolute Gasteiger partial charge is 0.316 e. The van der Waals surface area contributed by atoms with E-state index in [1.54, 1.807) is 6.92 Å². The zero-order valence-corrected chi connectivity index (χ0v) is 10.7. The zero-order valence-electron chi connectivity index (χ0n) is 10.7. The third-order valence-corrected chi connectivity index (χ3v) is 3.86. The molecule has 1 saturated heterocycles. The van der Waals surface area contributed by atoms with Crippen molar-refractivity contribution in [1.29, 1.82) is 0 Å². The Balaban J connectivity index is 2.14. The SMILES string of the molecule is CC(=O)c1cccc(C(C)C2CCCNC2)c1. The van der Waals surface area contributed by atoms with Crippen molar-refractivity contribution in [3.05, 3.63) is 35.4 Å². The molecule has 92 valence electrons. The van der Waals surface area contributed by atoms with Gasteiger partial charge in [-0.3, -0.25) is 4.79 Å². The molecule has 1 heterocycles. The standard InChI is InChI=1S/C15H21NO/c1-11(15-7-4-8-16-10-15)13-5-3-6-14(9-13)12(2)17/h3,5-6,9,11,15-16H,4,7-8,10H2,1-2H3. The van der Waals surface area contributed by atoms with Crippen LogP contribution in [0, 0.1) is 5.92 Å². The Kier molecular flexibility index (Phi) is 3.95. The number of hydrogen-bond acceptors (Lipinski definition) is 2. The van der Waals surface area contributed by atoms with E-state index in [1.165, 1.54) is 18.4 Å². The highest BCUT2D eigenvalue weighted by Gasteiger charge is 2.21. The van der Waals surface area contributed by atoms with Crippen LogP contribution in [-0.2, 0) is 0 Å². The normalized spacial score (nSPS) is 22.1. The van der Waals surface area contributed by atoms with E-state index in [2.05, 4.69) is 24.4 Å². The van der Waals surface area contributed by atoms with E-state index >= 15 is 0 Å². The topological polar surface area (TPSA) is 29.1 Å². The van der Waals surface area contributed by atoms with Crippen molar-refractivity contribution in [2.45, 2.75) is 32.6 Å². The maximum Gasteiger partial charge on any atom is 0.159 e. The average Bonchev–Trinajstić information content (AvgIpc) is 2.39. The van der Waals surface area contributed by atoms with Gasteiger partial charge in [0.2, 0.25) is 0 Å². The Labute approximate surface area is 103 Å². The van der Waals surface area contributed by atoms with Gasteiger partial charge in [0.25, 0.3) is 0 Å². The number of Topliss-reactive ketones (excluding diaryl/α,β-unsaturated/α-hetero) is 1. The second-order valence-corrected chi connectivity index (χ2v) is 5.08. The second kappa shape index (κ2) is 5.46. The summed E-state index contributed by atoms with van der Waals surface area (Å²) in [4.78, 5) is 11.4. The minimum Gasteiger partial charge on any atom is -0.316 e. The van der Waals surface area contributed by atoms with Gasteiger partial charge in [-0.1, -0.05) is 25.1 Å². The first-order valence-corrected chi connectivity index (χ1v) is 6.50. The Bertz CT molecular complexity index is 394. The van der Waals surface area contributed by atoms with E-state index in [-0.39, 0.29) is 5.78 Å². The van der Waals surface area contributed by atoms with Crippen LogP contribution in [0.2, 0.25) is 0 Å². The molecular weight excluding hydrogens is 210 g/mol. The van der Waals surface area contributed by atoms with Gasteiger partial charge in [-0.05, 0) is 56.3 Å². The van der Waals surface area contributed by atoms with E-state index in [0.717, 1.165) is 18.7 Å². The van der Waals surface area contributed by atoms with Crippen LogP contribution in [0.1, 0.15) is 48.5 Å². The van der Waals surface area contributed by atoms with Gasteiger partial charge in [-0.25, -0.2) is 0 Å². The molecular formula is C15H21NO. The van der Waals surface area contributed by atoms with Crippen molar-refractivity contribution in [2.75, 3.05) is 13.1 Å². The molecule has 1 aliphatic rings. The summed E-state index contributed by atoms with van der Waals surface area (Å²) in [6, 6.07) is 8.10. The van der Waals surface area contributed by atoms with E-state index in [4.69, 9.17) is 0 Å². The second-order valence-electron chi connectivity index (χ2n) is 5.08. The molecule has 2 rings (SSSR count). The third-order valence-electron chi connectivity index (χ3n) is 3.86. The van der Waals surface area contributed by atoms with Gasteiger partial charge in [0.15, 0.2) is 5.78 Å². The molecule has 0 bridgehead atoms. The summed E-state index contributed by atoms with van der Waals surface area (Å²) in [5, 5.41) is 3.46. The first-order chi connectivity index (χ1) is 8.18. The molecule has 1 aliphatic heterocycles. The summed E-state index contributed by atoms with van der Waals surface area (Å²) in [5.41, 5.74) is 2.13. The molecule has 1 N–H and O–H groups in total. The van der Waals surface area contributed by atoms with Crippen LogP contribution in [0.25, 0.3) is 0 Å². The summed E-state index contributed by atoms with van der Waals surface area (Å²) in [6.45, 7) is 6.16. The minimum atomic E-state index is 0.154. The highest BCUT2D eigenvalue weighted by atomic mass is 16.1. The average molecular weight is 231 g/mol. The van der Waals surface area contributed by atoms with E-state index in [1.807, 2.05) is 12.1 Å². The van der Waals surface area contributed by atoms with E-state index < -0.39 is 0 Å². The van der Waals surface area contributed by atoms with Gasteiger partial charge in [-0.15, -0.1) is 0 Å². The fourth-order valence-corrected chi connectivity index (χ4v) is 2.62. The maximum absolute atomic E-state index is 11.4. The molecule has 2 unspecified atom stereocenters. The smallest absolute Gasteiger partial charge is 0.159 e. The van der Waals surface area contributed by atoms with Crippen LogP contribution in [0.4, 0.5) is 0 Å². The lowest BCUT2D eigenvalue weighted by Gasteiger charge is -2.28. The van der Waals surface area contributed by atoms with Crippen LogP contribution in [0.3, 0.4) is 0 Å². The number of benzene rings is 1. The molecule has 17 heavy (non-hydrogen) atoms. The molecule has 0 amide bonds. The van der Waals surface area contributed by atoms with Gasteiger partial charge < -0.3 is 5.32 Å². The van der Waals surface area contributed by atoms with E-state index in [9.17, 15) is 4.79 Å². The molecule has 0 saturated carbocycles. The van der Waals surface area contributed by atoms with Crippen molar-refractivity contribution in [2.24, 2.45) is 5.92 Å². The van der Waals surface area contributed by atoms with Crippen molar-refractivity contribution >= 4 is 5.78 Å². The highest BCUT2D eigenvalue weighted by molar-refractivity contribution is 5.94. The van der Waals surface area contributed by atoms with Gasteiger partial charge >= 0.3 is 0 Å². The molecule has 2 atom stereocenters. The number of carbonyl (C=O) groups is 1. The number of carbonyl (C=O) groups excluding carboxylic acids is 1. The Hall–Kier alpha value is -1.15. The van der Waals surface area contributed by atoms with Crippen LogP contribution in [-0.4, -0.2) is 18.9 Å². The number of nitrogens with one attached hydrogen (secondary N) is 1. The van der Waals surface area contributed by atoms with Gasteiger partial charge in [0, 0.05) is 5.56 Å². The van der Waals surface area contributed by atoms with Gasteiger partial charge in [0.1, 0.15) is 0 Å². The van der Waals surface area contributed by atoms with Crippen LogP contribution >= 0.6 is 0 Å². The van der Waals surface area contributed by atoms with Gasteiger partial charge in [0.05, 0.1) is 0 Å². The third kappa shape index (κ3) is 2.95. The summed E-state index contributed by atoms with van der Waals surface area (Å²) in [7, 11) is 0. The Morgan fingerprint density at radius 2 is 2.29 bits per heavy atom. The fraction of sp³-hybridized carbons (Fsp3) is 0.533. The summed E-state index contributed by atoms with van der Waals surface area (Å²) >= 11 is 0. The molecule has 1 aromatic rings. The molecule has 0 aromatic heterocycles. The zero-order chi connectivity index (χ0) is 12.3. The molecule has 2 nitrogen and oxygen atoms in total. The quantitative estimate of drug-likeness (QED) is 0.810. The lowest BCUT2D eigenvalue weighted by molar-refractivity contribution is 0.101. The molecule has 2 heteroatoms. The Morgan fingerprint density at radius 1 is 1.47 bits per heavy atom. The van der Waals surface area contributed by atoms with Crippen molar-refractivity contribution < 1.29 is 4.79 Å². The molecule has 1 fully saturated rings. The number of ketones is 1. The summed E-state index contributed by atoms with van der Waals surface area (Å²) in [5.74, 6) is 1.38. The predicted molar refractivity (Wildman–Crippen MR) is 70.5 cm³/mol. The number of hydrogen-bond donors (Lipinski definition) is 1. The van der Waals surface area contributed by atoms with Crippen molar-refractivity contribution in [3.8, 4) is 0 Å². The van der Waals surface area contributed by atoms with Crippen LogP contribution in [0.15, 0.2) is 24.3 Å². The lowest BCUT2D eigenvalue weighted by Crippen LogP contribution is -2.32. The fourth-order valence-electron chi connectivity index (χ4n) is 2.62. The Morgan fingerprint density at radius 3 is 2.94 bits per heavy atom. The van der Waals surface area contributed by atoms with Crippen LogP contribution in [0.5, 0.6) is 0 Å². The molecule has 0 spiro atoms. The molecule has 1 aromatic carbocycles. The first kappa shape index (κ1) is 12.3. The lowest BCUT2D eigenvalue weighted by atomic mass is 9.82. The number of rotatable bonds is 3. The van der Waals surface area contributed by atoms with Gasteiger partial charge in [-0.2, -0.15) is 0 Å². The minimum absolute atomic E-state index is 0.154. The monoisotopic (exact) mass is 231 g/mol. The molecule has 0 aliphatic carbocycles. The first-order valence-electron chi connectivity index (χ1n) is 6.50. The van der Waals surface area contributed by atoms with Crippen molar-refractivity contribution in [3.63, 3.8) is 0 Å². The number of piperidine rings is 1. The molecule has 0 radical (unpaired) electrons. The van der Waals surface area contributed by atoms with E-state index in [0.29, 0.717) is 11.8 Å². The van der Waals surface area contributed by atoms with Crippen molar-refractivity contribution in [1.82, 2.24) is 5.32 Å².